The fourth-order valence-electron chi connectivity index (χ4n) is 3.83. The number of aromatic nitrogens is 1. The third kappa shape index (κ3) is 4.56. The van der Waals surface area contributed by atoms with Gasteiger partial charge in [0.25, 0.3) is 5.56 Å². The van der Waals surface area contributed by atoms with E-state index in [2.05, 4.69) is 20.9 Å². The van der Waals surface area contributed by atoms with Crippen molar-refractivity contribution in [1.29, 1.82) is 0 Å². The second-order valence-corrected chi connectivity index (χ2v) is 9.70. The van der Waals surface area contributed by atoms with Crippen molar-refractivity contribution in [2.75, 3.05) is 6.61 Å². The van der Waals surface area contributed by atoms with E-state index in [1.54, 1.807) is 13.8 Å². The minimum Gasteiger partial charge on any atom is -0.501 e. The normalized spacial score (nSPS) is 15.5. The molecular formula is C24H20BrN3O6S. The number of ether oxygens (including phenoxy) is 1. The molecule has 0 spiro atoms. The number of thiazole rings is 1. The van der Waals surface area contributed by atoms with Crippen LogP contribution >= 0.6 is 27.3 Å². The summed E-state index contributed by atoms with van der Waals surface area (Å²) in [7, 11) is 0. The highest BCUT2D eigenvalue weighted by Gasteiger charge is 2.33. The lowest BCUT2D eigenvalue weighted by Crippen LogP contribution is -2.39. The summed E-state index contributed by atoms with van der Waals surface area (Å²) >= 11 is 4.22. The Labute approximate surface area is 211 Å². The molecule has 0 amide bonds. The molecule has 0 unspecified atom stereocenters. The largest absolute Gasteiger partial charge is 0.501 e. The van der Waals surface area contributed by atoms with E-state index in [0.29, 0.717) is 16.1 Å². The zero-order valence-electron chi connectivity index (χ0n) is 18.9. The van der Waals surface area contributed by atoms with E-state index in [4.69, 9.17) is 4.74 Å². The molecule has 1 aliphatic rings. The number of aromatic hydroxyl groups is 1. The minimum absolute atomic E-state index is 0.128. The van der Waals surface area contributed by atoms with Gasteiger partial charge < -0.3 is 9.84 Å². The maximum absolute atomic E-state index is 13.6. The molecule has 9 nitrogen and oxygen atoms in total. The molecule has 0 aliphatic carbocycles. The quantitative estimate of drug-likeness (QED) is 0.291. The van der Waals surface area contributed by atoms with Crippen LogP contribution in [0.1, 0.15) is 36.6 Å². The summed E-state index contributed by atoms with van der Waals surface area (Å²) in [5, 5.41) is 21.3. The topological polar surface area (TPSA) is 124 Å². The minimum atomic E-state index is -0.742. The fraction of sp³-hybridized carbons (Fsp3) is 0.208. The van der Waals surface area contributed by atoms with Crippen LogP contribution in [0.15, 0.2) is 61.9 Å². The lowest BCUT2D eigenvalue weighted by molar-refractivity contribution is -0.386. The molecule has 1 N–H and O–H groups in total. The molecule has 0 fully saturated rings. The molecule has 3 aromatic rings. The molecule has 4 rings (SSSR count). The number of benzene rings is 2. The van der Waals surface area contributed by atoms with Crippen LogP contribution in [0.3, 0.4) is 0 Å². The Morgan fingerprint density at radius 3 is 2.63 bits per heavy atom. The molecule has 0 saturated carbocycles. The molecule has 0 bridgehead atoms. The number of hydrogen-bond acceptors (Lipinski definition) is 8. The van der Waals surface area contributed by atoms with Crippen molar-refractivity contribution >= 4 is 45.0 Å². The maximum Gasteiger partial charge on any atom is 0.338 e. The van der Waals surface area contributed by atoms with Crippen LogP contribution in [0.25, 0.3) is 6.08 Å². The Balaban J connectivity index is 1.96. The highest BCUT2D eigenvalue weighted by atomic mass is 79.9. The number of phenolic OH excluding ortho intramolecular Hbond substituents is 1. The lowest BCUT2D eigenvalue weighted by atomic mass is 9.95. The standard InChI is InChI=1S/C24H20BrN3O6S/c1-4-34-23(31)19-13(3)26-24-27(20(19)15-7-5-12(2)6-8-15)22(30)18(35-24)11-14-9-16(25)21(29)17(10-14)28(32)33/h5-11,20,29H,4H2,1-3H3/b18-11+/t20-/m1/s1. The first-order chi connectivity index (χ1) is 16.6. The number of hydrogen-bond donors (Lipinski definition) is 1. The number of allylic oxidation sites excluding steroid dienone is 1. The van der Waals surface area contributed by atoms with Crippen molar-refractivity contribution < 1.29 is 19.6 Å². The molecule has 2 aromatic carbocycles. The summed E-state index contributed by atoms with van der Waals surface area (Å²) in [4.78, 5) is 42.0. The summed E-state index contributed by atoms with van der Waals surface area (Å²) in [6.07, 6.45) is 1.50. The monoisotopic (exact) mass is 557 g/mol. The summed E-state index contributed by atoms with van der Waals surface area (Å²) in [5.41, 5.74) is 1.93. The Morgan fingerprint density at radius 2 is 2.00 bits per heavy atom. The molecule has 1 aromatic heterocycles. The van der Waals surface area contributed by atoms with E-state index in [1.807, 2.05) is 31.2 Å². The Hall–Kier alpha value is -3.57. The molecule has 0 saturated heterocycles. The number of fused-ring (bicyclic) bond motifs is 1. The van der Waals surface area contributed by atoms with Crippen LogP contribution in [0.5, 0.6) is 5.75 Å². The zero-order chi connectivity index (χ0) is 25.4. The van der Waals surface area contributed by atoms with Gasteiger partial charge in [-0.25, -0.2) is 9.79 Å². The number of carbonyl (C=O) groups excluding carboxylic acids is 1. The van der Waals surface area contributed by atoms with Gasteiger partial charge in [0.2, 0.25) is 5.75 Å². The van der Waals surface area contributed by atoms with Crippen molar-refractivity contribution in [2.45, 2.75) is 26.8 Å². The highest BCUT2D eigenvalue weighted by molar-refractivity contribution is 9.10. The van der Waals surface area contributed by atoms with Gasteiger partial charge in [0.1, 0.15) is 0 Å². The van der Waals surface area contributed by atoms with E-state index < -0.39 is 33.9 Å². The van der Waals surface area contributed by atoms with E-state index in [0.717, 1.165) is 22.5 Å². The van der Waals surface area contributed by atoms with Crippen LogP contribution in [0.4, 0.5) is 5.69 Å². The van der Waals surface area contributed by atoms with E-state index >= 15 is 0 Å². The molecule has 11 heteroatoms. The van der Waals surface area contributed by atoms with Crippen molar-refractivity contribution in [1.82, 2.24) is 4.57 Å². The number of nitro benzene ring substituents is 1. The van der Waals surface area contributed by atoms with E-state index in [9.17, 15) is 24.8 Å². The van der Waals surface area contributed by atoms with E-state index in [1.165, 1.54) is 22.8 Å². The van der Waals surface area contributed by atoms with Crippen LogP contribution in [-0.2, 0) is 9.53 Å². The van der Waals surface area contributed by atoms with Crippen molar-refractivity contribution in [3.8, 4) is 5.75 Å². The summed E-state index contributed by atoms with van der Waals surface area (Å²) in [6.45, 7) is 5.52. The van der Waals surface area contributed by atoms with Crippen molar-refractivity contribution in [3.05, 3.63) is 98.6 Å². The molecule has 1 aliphatic heterocycles. The van der Waals surface area contributed by atoms with Gasteiger partial charge in [0.15, 0.2) is 4.80 Å². The van der Waals surface area contributed by atoms with Crippen LogP contribution in [0.2, 0.25) is 0 Å². The number of rotatable bonds is 5. The van der Waals surface area contributed by atoms with Gasteiger partial charge in [-0.2, -0.15) is 0 Å². The van der Waals surface area contributed by atoms with Crippen molar-refractivity contribution in [2.24, 2.45) is 4.99 Å². The maximum atomic E-state index is 13.6. The average molecular weight is 558 g/mol. The molecule has 180 valence electrons. The Morgan fingerprint density at radius 1 is 1.31 bits per heavy atom. The van der Waals surface area contributed by atoms with E-state index in [-0.39, 0.29) is 21.2 Å². The van der Waals surface area contributed by atoms with Crippen molar-refractivity contribution in [3.63, 3.8) is 0 Å². The number of carbonyl (C=O) groups is 1. The summed E-state index contributed by atoms with van der Waals surface area (Å²) in [6, 6.07) is 9.44. The number of aryl methyl sites for hydroxylation is 1. The number of nitro groups is 1. The fourth-order valence-corrected chi connectivity index (χ4v) is 5.35. The third-order valence-electron chi connectivity index (χ3n) is 5.47. The molecule has 0 radical (unpaired) electrons. The number of phenols is 1. The SMILES string of the molecule is CCOC(=O)C1=C(C)N=c2s/c(=C/c3cc(Br)c(O)c([N+](=O)[O-])c3)c(=O)n2[C@@H]1c1ccc(C)cc1. The van der Waals surface area contributed by atoms with Gasteiger partial charge in [-0.3, -0.25) is 19.5 Å². The molecule has 2 heterocycles. The molecule has 35 heavy (non-hydrogen) atoms. The highest BCUT2D eigenvalue weighted by Crippen LogP contribution is 2.35. The van der Waals surface area contributed by atoms with Gasteiger partial charge >= 0.3 is 11.7 Å². The summed E-state index contributed by atoms with van der Waals surface area (Å²) < 4.78 is 7.12. The zero-order valence-corrected chi connectivity index (χ0v) is 21.3. The average Bonchev–Trinajstić information content (AvgIpc) is 3.10. The Bertz CT molecular complexity index is 1570. The third-order valence-corrected chi connectivity index (χ3v) is 7.06. The first-order valence-corrected chi connectivity index (χ1v) is 12.2. The van der Waals surface area contributed by atoms with Crippen LogP contribution in [0, 0.1) is 17.0 Å². The first kappa shape index (κ1) is 24.6. The van der Waals surface area contributed by atoms with Crippen LogP contribution in [-0.4, -0.2) is 27.2 Å². The smallest absolute Gasteiger partial charge is 0.338 e. The number of halogens is 1. The predicted octanol–water partition coefficient (Wildman–Crippen LogP) is 3.48. The summed E-state index contributed by atoms with van der Waals surface area (Å²) in [5.74, 6) is -1.05. The number of esters is 1. The second kappa shape index (κ2) is 9.59. The van der Waals surface area contributed by atoms with Gasteiger partial charge in [-0.15, -0.1) is 0 Å². The predicted molar refractivity (Wildman–Crippen MR) is 134 cm³/mol. The van der Waals surface area contributed by atoms with Gasteiger partial charge in [0.05, 0.1) is 37.8 Å². The second-order valence-electron chi connectivity index (χ2n) is 7.84. The van der Waals surface area contributed by atoms with Crippen LogP contribution < -0.4 is 14.9 Å². The first-order valence-electron chi connectivity index (χ1n) is 10.6. The molecule has 1 atom stereocenters. The molecular weight excluding hydrogens is 538 g/mol. The Kier molecular flexibility index (Phi) is 6.73. The van der Waals surface area contributed by atoms with Gasteiger partial charge in [-0.1, -0.05) is 41.2 Å². The van der Waals surface area contributed by atoms with Gasteiger partial charge in [-0.05, 0) is 60.0 Å². The number of nitrogens with zero attached hydrogens (tertiary/aromatic N) is 3. The van der Waals surface area contributed by atoms with Gasteiger partial charge in [0, 0.05) is 6.07 Å². The lowest BCUT2D eigenvalue weighted by Gasteiger charge is -2.24.